The average molecular weight is 331 g/mol. The van der Waals surface area contributed by atoms with Crippen molar-refractivity contribution in [2.24, 2.45) is 5.92 Å². The van der Waals surface area contributed by atoms with Crippen molar-refractivity contribution in [1.82, 2.24) is 15.3 Å². The number of hydrogen-bond acceptors (Lipinski definition) is 4. The predicted molar refractivity (Wildman–Crippen MR) is 92.7 cm³/mol. The summed E-state index contributed by atoms with van der Waals surface area (Å²) < 4.78 is 5.85. The molecule has 0 aliphatic heterocycles. The average Bonchev–Trinajstić information content (AvgIpc) is 2.63. The third kappa shape index (κ3) is 5.46. The zero-order chi connectivity index (χ0) is 16.6. The molecule has 2 aliphatic carbocycles. The molecule has 132 valence electrons. The van der Waals surface area contributed by atoms with Crippen LogP contribution < -0.4 is 10.1 Å². The molecular weight excluding hydrogens is 302 g/mol. The molecule has 1 heterocycles. The van der Waals surface area contributed by atoms with E-state index >= 15 is 0 Å². The molecule has 3 rings (SSSR count). The maximum absolute atomic E-state index is 12.2. The summed E-state index contributed by atoms with van der Waals surface area (Å²) in [5.41, 5.74) is 0. The number of ether oxygens (including phenoxy) is 1. The summed E-state index contributed by atoms with van der Waals surface area (Å²) in [4.78, 5) is 20.3. The largest absolute Gasteiger partial charge is 0.473 e. The van der Waals surface area contributed by atoms with E-state index in [1.54, 1.807) is 18.6 Å². The predicted octanol–water partition coefficient (Wildman–Crippen LogP) is 3.64. The van der Waals surface area contributed by atoms with Crippen LogP contribution >= 0.6 is 0 Å². The molecule has 0 spiro atoms. The zero-order valence-electron chi connectivity index (χ0n) is 14.5. The highest BCUT2D eigenvalue weighted by atomic mass is 16.5. The van der Waals surface area contributed by atoms with Crippen molar-refractivity contribution < 1.29 is 9.53 Å². The normalized spacial score (nSPS) is 25.2. The third-order valence-corrected chi connectivity index (χ3v) is 5.37. The Kier molecular flexibility index (Phi) is 6.44. The standard InChI is InChI=1S/C19H29N3O2/c23-18(11-6-15-4-2-1-3-5-15)22-16-7-9-17(10-8-16)24-19-14-20-12-13-21-19/h12-17H,1-11H2,(H,22,23). The summed E-state index contributed by atoms with van der Waals surface area (Å²) in [6.45, 7) is 0. The first-order chi connectivity index (χ1) is 11.8. The molecule has 1 aromatic rings. The van der Waals surface area contributed by atoms with Crippen LogP contribution in [0.3, 0.4) is 0 Å². The lowest BCUT2D eigenvalue weighted by molar-refractivity contribution is -0.122. The van der Waals surface area contributed by atoms with Crippen molar-refractivity contribution in [2.75, 3.05) is 0 Å². The van der Waals surface area contributed by atoms with E-state index in [1.165, 1.54) is 32.1 Å². The third-order valence-electron chi connectivity index (χ3n) is 5.37. The van der Waals surface area contributed by atoms with E-state index < -0.39 is 0 Å². The summed E-state index contributed by atoms with van der Waals surface area (Å²) in [6, 6.07) is 0.311. The Morgan fingerprint density at radius 2 is 1.88 bits per heavy atom. The van der Waals surface area contributed by atoms with Crippen LogP contribution in [0.2, 0.25) is 0 Å². The highest BCUT2D eigenvalue weighted by Gasteiger charge is 2.24. The molecule has 2 aliphatic rings. The Hall–Kier alpha value is -1.65. The minimum absolute atomic E-state index is 0.192. The SMILES string of the molecule is O=C(CCC1CCCCC1)NC1CCC(Oc2cnccn2)CC1. The smallest absolute Gasteiger partial charge is 0.232 e. The van der Waals surface area contributed by atoms with E-state index in [4.69, 9.17) is 4.74 Å². The zero-order valence-corrected chi connectivity index (χ0v) is 14.5. The highest BCUT2D eigenvalue weighted by Crippen LogP contribution is 2.27. The van der Waals surface area contributed by atoms with Crippen molar-refractivity contribution in [3.8, 4) is 5.88 Å². The first-order valence-corrected chi connectivity index (χ1v) is 9.51. The van der Waals surface area contributed by atoms with Crippen LogP contribution in [0.4, 0.5) is 0 Å². The van der Waals surface area contributed by atoms with Gasteiger partial charge in [-0.15, -0.1) is 0 Å². The van der Waals surface area contributed by atoms with Crippen LogP contribution in [0.1, 0.15) is 70.6 Å². The molecule has 0 unspecified atom stereocenters. The van der Waals surface area contributed by atoms with Gasteiger partial charge < -0.3 is 10.1 Å². The summed E-state index contributed by atoms with van der Waals surface area (Å²) in [6.07, 6.45) is 17.5. The molecule has 5 nitrogen and oxygen atoms in total. The lowest BCUT2D eigenvalue weighted by Gasteiger charge is -2.29. The molecule has 2 saturated carbocycles. The Morgan fingerprint density at radius 3 is 2.58 bits per heavy atom. The lowest BCUT2D eigenvalue weighted by Crippen LogP contribution is -2.39. The Balaban J connectivity index is 1.32. The van der Waals surface area contributed by atoms with Gasteiger partial charge in [0, 0.05) is 24.9 Å². The van der Waals surface area contributed by atoms with Gasteiger partial charge in [-0.1, -0.05) is 32.1 Å². The number of carbonyl (C=O) groups excluding carboxylic acids is 1. The first-order valence-electron chi connectivity index (χ1n) is 9.51. The van der Waals surface area contributed by atoms with Gasteiger partial charge in [0.2, 0.25) is 11.8 Å². The number of nitrogens with one attached hydrogen (secondary N) is 1. The van der Waals surface area contributed by atoms with E-state index in [9.17, 15) is 4.79 Å². The van der Waals surface area contributed by atoms with Gasteiger partial charge in [0.25, 0.3) is 0 Å². The monoisotopic (exact) mass is 331 g/mol. The molecule has 24 heavy (non-hydrogen) atoms. The van der Waals surface area contributed by atoms with Crippen LogP contribution in [-0.4, -0.2) is 28.0 Å². The number of carbonyl (C=O) groups is 1. The van der Waals surface area contributed by atoms with Gasteiger partial charge in [0.05, 0.1) is 6.20 Å². The minimum atomic E-state index is 0.192. The minimum Gasteiger partial charge on any atom is -0.473 e. The number of aromatic nitrogens is 2. The maximum Gasteiger partial charge on any atom is 0.232 e. The molecule has 0 radical (unpaired) electrons. The summed E-state index contributed by atoms with van der Waals surface area (Å²) in [5.74, 6) is 1.61. The molecule has 1 N–H and O–H groups in total. The first kappa shape index (κ1) is 17.2. The quantitative estimate of drug-likeness (QED) is 0.864. The molecule has 5 heteroatoms. The Labute approximate surface area is 144 Å². The summed E-state index contributed by atoms with van der Waals surface area (Å²) in [5, 5.41) is 3.22. The topological polar surface area (TPSA) is 64.1 Å². The van der Waals surface area contributed by atoms with Crippen LogP contribution in [0, 0.1) is 5.92 Å². The summed E-state index contributed by atoms with van der Waals surface area (Å²) >= 11 is 0. The summed E-state index contributed by atoms with van der Waals surface area (Å²) in [7, 11) is 0. The van der Waals surface area contributed by atoms with E-state index in [-0.39, 0.29) is 12.0 Å². The van der Waals surface area contributed by atoms with Gasteiger partial charge in [0.15, 0.2) is 0 Å². The second kappa shape index (κ2) is 9.00. The van der Waals surface area contributed by atoms with Crippen LogP contribution in [-0.2, 0) is 4.79 Å². The van der Waals surface area contributed by atoms with Gasteiger partial charge in [-0.05, 0) is 38.0 Å². The van der Waals surface area contributed by atoms with Crippen molar-refractivity contribution in [3.05, 3.63) is 18.6 Å². The fourth-order valence-electron chi connectivity index (χ4n) is 3.95. The van der Waals surface area contributed by atoms with E-state index in [0.717, 1.165) is 38.0 Å². The van der Waals surface area contributed by atoms with Crippen LogP contribution in [0.15, 0.2) is 18.6 Å². The molecule has 0 bridgehead atoms. The van der Waals surface area contributed by atoms with Gasteiger partial charge >= 0.3 is 0 Å². The van der Waals surface area contributed by atoms with Gasteiger partial charge in [-0.25, -0.2) is 4.98 Å². The van der Waals surface area contributed by atoms with Crippen molar-refractivity contribution in [3.63, 3.8) is 0 Å². The number of amides is 1. The van der Waals surface area contributed by atoms with Crippen molar-refractivity contribution >= 4 is 5.91 Å². The molecule has 0 aromatic carbocycles. The fourth-order valence-corrected chi connectivity index (χ4v) is 3.95. The maximum atomic E-state index is 12.2. The van der Waals surface area contributed by atoms with Crippen molar-refractivity contribution in [2.45, 2.75) is 82.8 Å². The second-order valence-corrected chi connectivity index (χ2v) is 7.25. The number of nitrogens with zero attached hydrogens (tertiary/aromatic N) is 2. The number of hydrogen-bond donors (Lipinski definition) is 1. The molecule has 0 atom stereocenters. The van der Waals surface area contributed by atoms with Gasteiger partial charge in [0.1, 0.15) is 6.10 Å². The van der Waals surface area contributed by atoms with Crippen LogP contribution in [0.25, 0.3) is 0 Å². The molecule has 2 fully saturated rings. The molecule has 0 saturated heterocycles. The lowest BCUT2D eigenvalue weighted by atomic mass is 9.86. The van der Waals surface area contributed by atoms with Crippen molar-refractivity contribution in [1.29, 1.82) is 0 Å². The van der Waals surface area contributed by atoms with E-state index in [1.807, 2.05) is 0 Å². The Morgan fingerprint density at radius 1 is 1.08 bits per heavy atom. The molecular formula is C19H29N3O2. The fraction of sp³-hybridized carbons (Fsp3) is 0.737. The molecule has 1 amide bonds. The highest BCUT2D eigenvalue weighted by molar-refractivity contribution is 5.76. The van der Waals surface area contributed by atoms with Gasteiger partial charge in [-0.3, -0.25) is 9.78 Å². The van der Waals surface area contributed by atoms with Gasteiger partial charge in [-0.2, -0.15) is 0 Å². The van der Waals surface area contributed by atoms with E-state index in [2.05, 4.69) is 15.3 Å². The van der Waals surface area contributed by atoms with E-state index in [0.29, 0.717) is 18.3 Å². The Bertz CT molecular complexity index is 495. The number of rotatable bonds is 6. The second-order valence-electron chi connectivity index (χ2n) is 7.25. The van der Waals surface area contributed by atoms with Crippen LogP contribution in [0.5, 0.6) is 5.88 Å². The molecule has 1 aromatic heterocycles.